The van der Waals surface area contributed by atoms with E-state index in [1.165, 1.54) is 7.11 Å². The summed E-state index contributed by atoms with van der Waals surface area (Å²) in [6.45, 7) is 2.10. The van der Waals surface area contributed by atoms with Crippen LogP contribution in [0.25, 0.3) is 32.9 Å². The molecule has 0 spiro atoms. The van der Waals surface area contributed by atoms with Crippen LogP contribution in [0, 0.1) is 6.92 Å². The first-order chi connectivity index (χ1) is 16.0. The first-order valence-electron chi connectivity index (χ1n) is 10.4. The second-order valence-corrected chi connectivity index (χ2v) is 8.09. The zero-order valence-corrected chi connectivity index (χ0v) is 19.4. The average Bonchev–Trinajstić information content (AvgIpc) is 3.13. The third-order valence-electron chi connectivity index (χ3n) is 5.57. The molecule has 5 rings (SSSR count). The van der Waals surface area contributed by atoms with E-state index in [2.05, 4.69) is 56.8 Å². The predicted octanol–water partition coefficient (Wildman–Crippen LogP) is 5.33. The van der Waals surface area contributed by atoms with Gasteiger partial charge in [-0.15, -0.1) is 0 Å². The number of ether oxygens (including phenoxy) is 1. The van der Waals surface area contributed by atoms with Gasteiger partial charge in [-0.3, -0.25) is 4.68 Å². The Hall–Kier alpha value is -3.91. The molecule has 8 nitrogen and oxygen atoms in total. The van der Waals surface area contributed by atoms with Gasteiger partial charge in [-0.25, -0.2) is 15.0 Å². The quantitative estimate of drug-likeness (QED) is 0.367. The van der Waals surface area contributed by atoms with Crippen LogP contribution >= 0.6 is 11.6 Å². The summed E-state index contributed by atoms with van der Waals surface area (Å²) in [5.74, 6) is 1.71. The molecule has 0 aliphatic carbocycles. The number of aryl methyl sites for hydroxylation is 2. The predicted molar refractivity (Wildman–Crippen MR) is 133 cm³/mol. The van der Waals surface area contributed by atoms with E-state index in [0.717, 1.165) is 50.0 Å². The van der Waals surface area contributed by atoms with Gasteiger partial charge in [0.1, 0.15) is 5.02 Å². The normalized spacial score (nSPS) is 11.2. The minimum absolute atomic E-state index is 0.383. The number of benzene rings is 2. The fraction of sp³-hybridized carbons (Fsp3) is 0.167. The van der Waals surface area contributed by atoms with E-state index in [4.69, 9.17) is 21.4 Å². The number of nitrogens with zero attached hydrogens (tertiary/aromatic N) is 5. The maximum atomic E-state index is 6.24. The maximum Gasteiger partial charge on any atom is 0.232 e. The van der Waals surface area contributed by atoms with Crippen LogP contribution in [0.2, 0.25) is 5.02 Å². The van der Waals surface area contributed by atoms with Crippen molar-refractivity contribution in [2.75, 3.05) is 24.8 Å². The summed E-state index contributed by atoms with van der Waals surface area (Å²) in [5.41, 5.74) is 5.98. The number of halogens is 1. The van der Waals surface area contributed by atoms with Gasteiger partial charge in [-0.05, 0) is 42.3 Å². The lowest BCUT2D eigenvalue weighted by Crippen LogP contribution is -1.97. The largest absolute Gasteiger partial charge is 0.480 e. The summed E-state index contributed by atoms with van der Waals surface area (Å²) < 4.78 is 7.04. The van der Waals surface area contributed by atoms with Crippen molar-refractivity contribution >= 4 is 50.9 Å². The van der Waals surface area contributed by atoms with E-state index in [1.54, 1.807) is 12.3 Å². The van der Waals surface area contributed by atoms with Gasteiger partial charge in [0, 0.05) is 36.6 Å². The van der Waals surface area contributed by atoms with Crippen molar-refractivity contribution in [3.8, 4) is 17.0 Å². The van der Waals surface area contributed by atoms with Crippen molar-refractivity contribution in [3.63, 3.8) is 0 Å². The van der Waals surface area contributed by atoms with Crippen molar-refractivity contribution in [3.05, 3.63) is 59.4 Å². The second kappa shape index (κ2) is 8.22. The highest BCUT2D eigenvalue weighted by molar-refractivity contribution is 6.32. The Morgan fingerprint density at radius 2 is 1.91 bits per heavy atom. The molecule has 9 heteroatoms. The van der Waals surface area contributed by atoms with Gasteiger partial charge in [0.2, 0.25) is 11.8 Å². The zero-order valence-electron chi connectivity index (χ0n) is 18.6. The molecule has 3 heterocycles. The molecule has 5 aromatic rings. The summed E-state index contributed by atoms with van der Waals surface area (Å²) in [6.07, 6.45) is 3.51. The van der Waals surface area contributed by atoms with Gasteiger partial charge in [0.25, 0.3) is 0 Å². The molecular formula is C24H22ClN7O. The minimum Gasteiger partial charge on any atom is -0.480 e. The van der Waals surface area contributed by atoms with Crippen LogP contribution in [0.3, 0.4) is 0 Å². The van der Waals surface area contributed by atoms with Crippen molar-refractivity contribution in [2.45, 2.75) is 6.92 Å². The zero-order chi connectivity index (χ0) is 23.1. The Morgan fingerprint density at radius 1 is 1.06 bits per heavy atom. The first-order valence-corrected chi connectivity index (χ1v) is 10.7. The lowest BCUT2D eigenvalue weighted by Gasteiger charge is -2.11. The van der Waals surface area contributed by atoms with Crippen LogP contribution < -0.4 is 15.4 Å². The van der Waals surface area contributed by atoms with Gasteiger partial charge in [0.15, 0.2) is 5.82 Å². The number of rotatable bonds is 5. The Morgan fingerprint density at radius 3 is 2.67 bits per heavy atom. The van der Waals surface area contributed by atoms with Crippen LogP contribution in [0.1, 0.15) is 5.56 Å². The van der Waals surface area contributed by atoms with E-state index in [1.807, 2.05) is 31.0 Å². The van der Waals surface area contributed by atoms with E-state index < -0.39 is 0 Å². The van der Waals surface area contributed by atoms with Gasteiger partial charge < -0.3 is 15.4 Å². The molecule has 0 fully saturated rings. The van der Waals surface area contributed by atoms with Crippen molar-refractivity contribution < 1.29 is 4.74 Å². The Bertz CT molecular complexity index is 1510. The molecule has 33 heavy (non-hydrogen) atoms. The molecule has 2 aromatic carbocycles. The van der Waals surface area contributed by atoms with Gasteiger partial charge in [0.05, 0.1) is 30.0 Å². The molecule has 0 aliphatic heterocycles. The van der Waals surface area contributed by atoms with Gasteiger partial charge >= 0.3 is 0 Å². The number of aromatic nitrogens is 5. The summed E-state index contributed by atoms with van der Waals surface area (Å²) in [7, 11) is 5.29. The summed E-state index contributed by atoms with van der Waals surface area (Å²) in [4.78, 5) is 13.1. The Labute approximate surface area is 195 Å². The number of fused-ring (bicyclic) bond motifs is 2. The summed E-state index contributed by atoms with van der Waals surface area (Å²) >= 11 is 6.24. The molecule has 0 unspecified atom stereocenters. The van der Waals surface area contributed by atoms with E-state index >= 15 is 0 Å². The Kier molecular flexibility index (Phi) is 5.22. The number of pyridine rings is 1. The molecule has 0 atom stereocenters. The van der Waals surface area contributed by atoms with Gasteiger partial charge in [-0.1, -0.05) is 23.7 Å². The monoisotopic (exact) mass is 459 g/mol. The molecule has 0 aliphatic rings. The molecular weight excluding hydrogens is 438 g/mol. The van der Waals surface area contributed by atoms with Crippen LogP contribution in [0.5, 0.6) is 5.88 Å². The van der Waals surface area contributed by atoms with E-state index in [-0.39, 0.29) is 0 Å². The average molecular weight is 460 g/mol. The van der Waals surface area contributed by atoms with Crippen molar-refractivity contribution in [1.82, 2.24) is 24.7 Å². The number of nitrogens with one attached hydrogen (secondary N) is 2. The Balaban J connectivity index is 1.62. The second-order valence-electron chi connectivity index (χ2n) is 7.68. The lowest BCUT2D eigenvalue weighted by molar-refractivity contribution is 0.398. The van der Waals surface area contributed by atoms with Gasteiger partial charge in [-0.2, -0.15) is 5.10 Å². The molecule has 2 N–H and O–H groups in total. The topological polar surface area (TPSA) is 89.8 Å². The third kappa shape index (κ3) is 3.68. The molecule has 166 valence electrons. The van der Waals surface area contributed by atoms with E-state index in [0.29, 0.717) is 16.9 Å². The highest BCUT2D eigenvalue weighted by Crippen LogP contribution is 2.37. The highest BCUT2D eigenvalue weighted by atomic mass is 35.5. The number of hydrogen-bond acceptors (Lipinski definition) is 7. The fourth-order valence-electron chi connectivity index (χ4n) is 4.02. The van der Waals surface area contributed by atoms with Crippen LogP contribution in [0.15, 0.2) is 48.8 Å². The molecule has 0 saturated heterocycles. The fourth-order valence-corrected chi connectivity index (χ4v) is 4.26. The number of anilines is 3. The maximum absolute atomic E-state index is 6.24. The lowest BCUT2D eigenvalue weighted by atomic mass is 9.96. The summed E-state index contributed by atoms with van der Waals surface area (Å²) in [6, 6.07) is 12.2. The molecule has 0 amide bonds. The highest BCUT2D eigenvalue weighted by Gasteiger charge is 2.17. The van der Waals surface area contributed by atoms with Crippen LogP contribution in [-0.4, -0.2) is 38.9 Å². The standard InChI is InChI=1S/C24H22ClN7O/c1-13-5-7-17-21(20(13)14-6-8-19-15(9-14)11-28-24(26-2)30-19)32(3)31-22(17)29-16-10-18(25)23(33-4)27-12-16/h5-12H,1-4H3,(H,29,31)(H,26,28,30). The number of methoxy groups -OCH3 is 1. The van der Waals surface area contributed by atoms with Crippen molar-refractivity contribution in [1.29, 1.82) is 0 Å². The molecule has 0 saturated carbocycles. The SMILES string of the molecule is CNc1ncc2cc(-c3c(C)ccc4c(Nc5cnc(OC)c(Cl)c5)nn(C)c34)ccc2n1. The first kappa shape index (κ1) is 21.0. The van der Waals surface area contributed by atoms with E-state index in [9.17, 15) is 0 Å². The smallest absolute Gasteiger partial charge is 0.232 e. The molecule has 0 radical (unpaired) electrons. The minimum atomic E-state index is 0.383. The number of hydrogen-bond donors (Lipinski definition) is 2. The third-order valence-corrected chi connectivity index (χ3v) is 5.84. The summed E-state index contributed by atoms with van der Waals surface area (Å²) in [5, 5.41) is 13.5. The van der Waals surface area contributed by atoms with Crippen molar-refractivity contribution in [2.24, 2.45) is 7.05 Å². The molecule has 3 aromatic heterocycles. The van der Waals surface area contributed by atoms with Crippen LogP contribution in [-0.2, 0) is 7.05 Å². The molecule has 0 bridgehead atoms. The van der Waals surface area contributed by atoms with Crippen LogP contribution in [0.4, 0.5) is 17.5 Å².